The molecule has 0 spiro atoms. The first-order valence-electron chi connectivity index (χ1n) is 4.65. The zero-order valence-corrected chi connectivity index (χ0v) is 8.55. The van der Waals surface area contributed by atoms with E-state index in [1.807, 2.05) is 13.0 Å². The molecule has 1 rings (SSSR count). The van der Waals surface area contributed by atoms with E-state index in [4.69, 9.17) is 0 Å². The first kappa shape index (κ1) is 11.1. The smallest absolute Gasteiger partial charge is 0.244 e. The molecule has 1 N–H and O–H groups in total. The zero-order valence-electron chi connectivity index (χ0n) is 8.55. The monoisotopic (exact) mass is 203 g/mol. The van der Waals surface area contributed by atoms with E-state index in [9.17, 15) is 4.79 Å². The number of rotatable bonds is 4. The van der Waals surface area contributed by atoms with Crippen LogP contribution in [0, 0.1) is 0 Å². The van der Waals surface area contributed by atoms with E-state index in [0.717, 1.165) is 5.69 Å². The molecule has 0 unspecified atom stereocenters. The van der Waals surface area contributed by atoms with Crippen LogP contribution < -0.4 is 5.32 Å². The number of aromatic nitrogens is 2. The highest BCUT2D eigenvalue weighted by atomic mass is 16.1. The van der Waals surface area contributed by atoms with Gasteiger partial charge < -0.3 is 5.32 Å². The first-order valence-corrected chi connectivity index (χ1v) is 4.65. The summed E-state index contributed by atoms with van der Waals surface area (Å²) in [5, 5.41) is 2.70. The molecule has 0 saturated carbocycles. The van der Waals surface area contributed by atoms with Crippen molar-refractivity contribution in [2.24, 2.45) is 0 Å². The average molecular weight is 203 g/mol. The standard InChI is InChI=1S/C11H13N3O/c1-2-3-4-5-11(15)14-9-10-8-12-6-7-13-10/h2-8H,9H2,1H3,(H,14,15)/b3-2+,5-4+. The van der Waals surface area contributed by atoms with Crippen molar-refractivity contribution in [3.8, 4) is 0 Å². The molecule has 0 aromatic carbocycles. The molecule has 0 bridgehead atoms. The van der Waals surface area contributed by atoms with Crippen molar-refractivity contribution in [1.29, 1.82) is 0 Å². The minimum Gasteiger partial charge on any atom is -0.347 e. The summed E-state index contributed by atoms with van der Waals surface area (Å²) in [7, 11) is 0. The Kier molecular flexibility index (Phi) is 4.80. The van der Waals surface area contributed by atoms with Gasteiger partial charge in [-0.3, -0.25) is 14.8 Å². The fourth-order valence-corrected chi connectivity index (χ4v) is 0.912. The molecule has 1 amide bonds. The third-order valence-electron chi connectivity index (χ3n) is 1.61. The molecular formula is C11H13N3O. The van der Waals surface area contributed by atoms with Crippen LogP contribution in [0.2, 0.25) is 0 Å². The van der Waals surface area contributed by atoms with Gasteiger partial charge in [0.15, 0.2) is 0 Å². The Hall–Kier alpha value is -1.97. The van der Waals surface area contributed by atoms with Crippen LogP contribution >= 0.6 is 0 Å². The molecule has 1 aromatic rings. The van der Waals surface area contributed by atoms with E-state index >= 15 is 0 Å². The lowest BCUT2D eigenvalue weighted by Gasteiger charge is -1.99. The largest absolute Gasteiger partial charge is 0.347 e. The van der Waals surface area contributed by atoms with Crippen LogP contribution in [0.5, 0.6) is 0 Å². The predicted molar refractivity (Wildman–Crippen MR) is 57.8 cm³/mol. The second-order valence-electron chi connectivity index (χ2n) is 2.80. The number of hydrogen-bond donors (Lipinski definition) is 1. The Morgan fingerprint density at radius 2 is 2.33 bits per heavy atom. The molecule has 0 aliphatic rings. The van der Waals surface area contributed by atoms with Gasteiger partial charge in [0.05, 0.1) is 18.4 Å². The van der Waals surface area contributed by atoms with Gasteiger partial charge in [-0.25, -0.2) is 0 Å². The van der Waals surface area contributed by atoms with Crippen molar-refractivity contribution in [1.82, 2.24) is 15.3 Å². The molecule has 0 saturated heterocycles. The Labute approximate surface area is 88.8 Å². The lowest BCUT2D eigenvalue weighted by molar-refractivity contribution is -0.116. The summed E-state index contributed by atoms with van der Waals surface area (Å²) >= 11 is 0. The molecule has 0 fully saturated rings. The summed E-state index contributed by atoms with van der Waals surface area (Å²) in [6, 6.07) is 0. The second-order valence-corrected chi connectivity index (χ2v) is 2.80. The van der Waals surface area contributed by atoms with E-state index in [0.29, 0.717) is 6.54 Å². The van der Waals surface area contributed by atoms with E-state index < -0.39 is 0 Å². The van der Waals surface area contributed by atoms with Gasteiger partial charge in [0.25, 0.3) is 0 Å². The van der Waals surface area contributed by atoms with Gasteiger partial charge in [-0.15, -0.1) is 0 Å². The Balaban J connectivity index is 2.35. The average Bonchev–Trinajstić information content (AvgIpc) is 2.28. The van der Waals surface area contributed by atoms with Crippen LogP contribution in [0.4, 0.5) is 0 Å². The molecule has 1 aromatic heterocycles. The fraction of sp³-hybridized carbons (Fsp3) is 0.182. The number of amides is 1. The minimum atomic E-state index is -0.140. The molecule has 15 heavy (non-hydrogen) atoms. The van der Waals surface area contributed by atoms with Gasteiger partial charge in [0, 0.05) is 18.5 Å². The third-order valence-corrected chi connectivity index (χ3v) is 1.61. The number of carbonyl (C=O) groups is 1. The Bertz CT molecular complexity index is 357. The van der Waals surface area contributed by atoms with Crippen molar-refractivity contribution < 1.29 is 4.79 Å². The molecule has 4 heteroatoms. The number of allylic oxidation sites excluding steroid dienone is 3. The Morgan fingerprint density at radius 1 is 1.47 bits per heavy atom. The summed E-state index contributed by atoms with van der Waals surface area (Å²) in [4.78, 5) is 19.1. The second kappa shape index (κ2) is 6.48. The van der Waals surface area contributed by atoms with E-state index in [-0.39, 0.29) is 5.91 Å². The zero-order chi connectivity index (χ0) is 10.9. The summed E-state index contributed by atoms with van der Waals surface area (Å²) < 4.78 is 0. The van der Waals surface area contributed by atoms with Gasteiger partial charge in [0.2, 0.25) is 5.91 Å². The van der Waals surface area contributed by atoms with Crippen LogP contribution in [0.3, 0.4) is 0 Å². The van der Waals surface area contributed by atoms with Crippen LogP contribution in [0.25, 0.3) is 0 Å². The van der Waals surface area contributed by atoms with Crippen LogP contribution in [0.15, 0.2) is 42.9 Å². The number of nitrogens with zero attached hydrogens (tertiary/aromatic N) is 2. The third kappa shape index (κ3) is 4.71. The maximum Gasteiger partial charge on any atom is 0.244 e. The van der Waals surface area contributed by atoms with Gasteiger partial charge >= 0.3 is 0 Å². The van der Waals surface area contributed by atoms with Crippen molar-refractivity contribution in [2.45, 2.75) is 13.5 Å². The van der Waals surface area contributed by atoms with Crippen molar-refractivity contribution in [3.05, 3.63) is 48.6 Å². The molecule has 0 radical (unpaired) electrons. The van der Waals surface area contributed by atoms with E-state index in [1.165, 1.54) is 6.08 Å². The van der Waals surface area contributed by atoms with Gasteiger partial charge in [0.1, 0.15) is 0 Å². The van der Waals surface area contributed by atoms with Crippen molar-refractivity contribution in [2.75, 3.05) is 0 Å². The number of nitrogens with one attached hydrogen (secondary N) is 1. The van der Waals surface area contributed by atoms with Crippen LogP contribution in [-0.4, -0.2) is 15.9 Å². The normalized spacial score (nSPS) is 11.0. The number of carbonyl (C=O) groups excluding carboxylic acids is 1. The topological polar surface area (TPSA) is 54.9 Å². The molecular weight excluding hydrogens is 190 g/mol. The van der Waals surface area contributed by atoms with E-state index in [1.54, 1.807) is 30.7 Å². The quantitative estimate of drug-likeness (QED) is 0.591. The summed E-state index contributed by atoms with van der Waals surface area (Å²) in [5.74, 6) is -0.140. The summed E-state index contributed by atoms with van der Waals surface area (Å²) in [6.45, 7) is 2.29. The SMILES string of the molecule is C/C=C/C=C/C(=O)NCc1cnccn1. The molecule has 4 nitrogen and oxygen atoms in total. The van der Waals surface area contributed by atoms with Crippen molar-refractivity contribution >= 4 is 5.91 Å². The highest BCUT2D eigenvalue weighted by molar-refractivity contribution is 5.87. The predicted octanol–water partition coefficient (Wildman–Crippen LogP) is 1.23. The van der Waals surface area contributed by atoms with Gasteiger partial charge in [-0.05, 0) is 6.92 Å². The lowest BCUT2D eigenvalue weighted by Crippen LogP contribution is -2.20. The fourth-order valence-electron chi connectivity index (χ4n) is 0.912. The van der Waals surface area contributed by atoms with E-state index in [2.05, 4.69) is 15.3 Å². The Morgan fingerprint density at radius 3 is 3.00 bits per heavy atom. The highest BCUT2D eigenvalue weighted by Gasteiger charge is 1.96. The van der Waals surface area contributed by atoms with Crippen molar-refractivity contribution in [3.63, 3.8) is 0 Å². The maximum atomic E-state index is 11.2. The maximum absolute atomic E-state index is 11.2. The number of hydrogen-bond acceptors (Lipinski definition) is 3. The lowest BCUT2D eigenvalue weighted by atomic mass is 10.4. The molecule has 0 aliphatic heterocycles. The molecule has 1 heterocycles. The van der Waals surface area contributed by atoms with Crippen LogP contribution in [0.1, 0.15) is 12.6 Å². The van der Waals surface area contributed by atoms with Gasteiger partial charge in [-0.2, -0.15) is 0 Å². The summed E-state index contributed by atoms with van der Waals surface area (Å²) in [6.07, 6.45) is 11.6. The summed E-state index contributed by atoms with van der Waals surface area (Å²) in [5.41, 5.74) is 0.741. The molecule has 0 aliphatic carbocycles. The molecule has 78 valence electrons. The van der Waals surface area contributed by atoms with Gasteiger partial charge in [-0.1, -0.05) is 18.2 Å². The highest BCUT2D eigenvalue weighted by Crippen LogP contribution is 1.88. The minimum absolute atomic E-state index is 0.140. The molecule has 0 atom stereocenters. The first-order chi connectivity index (χ1) is 7.33. The van der Waals surface area contributed by atoms with Crippen LogP contribution in [-0.2, 0) is 11.3 Å².